The molecule has 2 amide bonds. The molecule has 0 spiro atoms. The van der Waals surface area contributed by atoms with Crippen LogP contribution < -0.4 is 10.7 Å². The Morgan fingerprint density at radius 2 is 2.00 bits per heavy atom. The largest absolute Gasteiger partial charge is 0.444 e. The van der Waals surface area contributed by atoms with Gasteiger partial charge in [0.15, 0.2) is 0 Å². The van der Waals surface area contributed by atoms with Crippen LogP contribution in [0.2, 0.25) is 0 Å². The number of hydrogen-bond donors (Lipinski definition) is 2. The second kappa shape index (κ2) is 7.51. The highest BCUT2D eigenvalue weighted by atomic mass is 16.6. The van der Waals surface area contributed by atoms with Gasteiger partial charge in [0, 0.05) is 38.0 Å². The Morgan fingerprint density at radius 3 is 2.58 bits per heavy atom. The van der Waals surface area contributed by atoms with Gasteiger partial charge in [0.25, 0.3) is 0 Å². The molecule has 1 aromatic rings. The Balaban J connectivity index is 1.79. The number of nitrogens with zero attached hydrogens (tertiary/aromatic N) is 1. The number of rotatable bonds is 3. The highest BCUT2D eigenvalue weighted by Crippen LogP contribution is 2.22. The van der Waals surface area contributed by atoms with E-state index in [9.17, 15) is 14.4 Å². The van der Waals surface area contributed by atoms with Crippen LogP contribution in [0.15, 0.2) is 23.3 Å². The maximum Gasteiger partial charge on any atom is 0.410 e. The van der Waals surface area contributed by atoms with Crippen molar-refractivity contribution in [3.63, 3.8) is 0 Å². The smallest absolute Gasteiger partial charge is 0.410 e. The predicted octanol–water partition coefficient (Wildman–Crippen LogP) is 2.35. The third-order valence-electron chi connectivity index (χ3n) is 3.84. The van der Waals surface area contributed by atoms with Crippen molar-refractivity contribution in [2.75, 3.05) is 18.4 Å². The van der Waals surface area contributed by atoms with Crippen LogP contribution in [0.4, 0.5) is 10.5 Å². The summed E-state index contributed by atoms with van der Waals surface area (Å²) in [4.78, 5) is 40.1. The fraction of sp³-hybridized carbons (Fsp3) is 0.588. The molecule has 1 aromatic heterocycles. The fourth-order valence-corrected chi connectivity index (χ4v) is 2.62. The molecule has 1 saturated heterocycles. The van der Waals surface area contributed by atoms with Gasteiger partial charge >= 0.3 is 6.09 Å². The molecule has 7 heteroatoms. The minimum absolute atomic E-state index is 0.178. The molecular formula is C17H25N3O4. The topological polar surface area (TPSA) is 91.5 Å². The number of H-pyrrole nitrogens is 1. The third-order valence-corrected chi connectivity index (χ3v) is 3.84. The normalized spacial score (nSPS) is 15.9. The van der Waals surface area contributed by atoms with E-state index in [1.165, 1.54) is 18.5 Å². The lowest BCUT2D eigenvalue weighted by atomic mass is 9.93. The summed E-state index contributed by atoms with van der Waals surface area (Å²) >= 11 is 0. The molecule has 1 aliphatic heterocycles. The summed E-state index contributed by atoms with van der Waals surface area (Å²) in [5.74, 6) is 0.0221. The minimum Gasteiger partial charge on any atom is -0.444 e. The lowest BCUT2D eigenvalue weighted by Gasteiger charge is -2.33. The van der Waals surface area contributed by atoms with Crippen molar-refractivity contribution in [3.8, 4) is 0 Å². The number of hydrogen-bond acceptors (Lipinski definition) is 4. The van der Waals surface area contributed by atoms with E-state index < -0.39 is 5.60 Å². The molecule has 0 saturated carbocycles. The van der Waals surface area contributed by atoms with E-state index >= 15 is 0 Å². The molecule has 0 aliphatic carbocycles. The molecule has 0 aromatic carbocycles. The van der Waals surface area contributed by atoms with Crippen LogP contribution >= 0.6 is 0 Å². The molecule has 0 radical (unpaired) electrons. The van der Waals surface area contributed by atoms with Gasteiger partial charge in [-0.2, -0.15) is 0 Å². The molecule has 0 unspecified atom stereocenters. The summed E-state index contributed by atoms with van der Waals surface area (Å²) in [5, 5.41) is 2.63. The zero-order valence-corrected chi connectivity index (χ0v) is 14.4. The number of carbonyl (C=O) groups excluding carboxylic acids is 2. The quantitative estimate of drug-likeness (QED) is 0.887. The first-order valence-corrected chi connectivity index (χ1v) is 8.19. The van der Waals surface area contributed by atoms with Gasteiger partial charge < -0.3 is 19.9 Å². The van der Waals surface area contributed by atoms with E-state index in [-0.39, 0.29) is 29.0 Å². The van der Waals surface area contributed by atoms with Crippen LogP contribution in [0, 0.1) is 5.92 Å². The Hall–Kier alpha value is -2.31. The summed E-state index contributed by atoms with van der Waals surface area (Å²) in [7, 11) is 0. The van der Waals surface area contributed by atoms with Crippen LogP contribution in [0.1, 0.15) is 40.0 Å². The number of piperidine rings is 1. The molecule has 2 heterocycles. The van der Waals surface area contributed by atoms with E-state index in [2.05, 4.69) is 10.3 Å². The summed E-state index contributed by atoms with van der Waals surface area (Å²) in [6, 6.07) is 1.37. The average molecular weight is 335 g/mol. The van der Waals surface area contributed by atoms with Crippen LogP contribution in [0.3, 0.4) is 0 Å². The van der Waals surface area contributed by atoms with E-state index in [1.807, 2.05) is 20.8 Å². The van der Waals surface area contributed by atoms with Gasteiger partial charge in [-0.1, -0.05) is 0 Å². The molecule has 2 rings (SSSR count). The Bertz CT molecular complexity index is 640. The molecular weight excluding hydrogens is 310 g/mol. The van der Waals surface area contributed by atoms with Crippen molar-refractivity contribution < 1.29 is 14.3 Å². The second-order valence-corrected chi connectivity index (χ2v) is 7.09. The van der Waals surface area contributed by atoms with Crippen molar-refractivity contribution in [1.29, 1.82) is 0 Å². The third kappa shape index (κ3) is 5.40. The number of anilines is 1. The number of ether oxygens (including phenoxy) is 1. The average Bonchev–Trinajstić information content (AvgIpc) is 2.48. The van der Waals surface area contributed by atoms with Gasteiger partial charge in [0.05, 0.1) is 0 Å². The molecule has 2 N–H and O–H groups in total. The van der Waals surface area contributed by atoms with Crippen LogP contribution in [0.25, 0.3) is 0 Å². The maximum absolute atomic E-state index is 12.1. The highest BCUT2D eigenvalue weighted by molar-refractivity contribution is 5.90. The summed E-state index contributed by atoms with van der Waals surface area (Å²) < 4.78 is 5.36. The number of amides is 2. The standard InChI is InChI=1S/C17H25N3O4/c1-17(2,3)24-16(23)20-8-5-12(6-9-20)10-15(22)19-13-11-18-7-4-14(13)21/h4,7,11-12H,5-6,8-10H2,1-3H3,(H,18,21)(H,19,22). The monoisotopic (exact) mass is 335 g/mol. The number of likely N-dealkylation sites (tertiary alicyclic amines) is 1. The zero-order chi connectivity index (χ0) is 17.7. The number of aromatic amines is 1. The first-order valence-electron chi connectivity index (χ1n) is 8.19. The lowest BCUT2D eigenvalue weighted by molar-refractivity contribution is -0.117. The first kappa shape index (κ1) is 18.0. The SMILES string of the molecule is CC(C)(C)OC(=O)N1CCC(CC(=O)Nc2c[nH]ccc2=O)CC1. The summed E-state index contributed by atoms with van der Waals surface area (Å²) in [5.41, 5.74) is -0.466. The first-order chi connectivity index (χ1) is 11.2. The van der Waals surface area contributed by atoms with Crippen LogP contribution in [-0.2, 0) is 9.53 Å². The molecule has 7 nitrogen and oxygen atoms in total. The molecule has 1 fully saturated rings. The van der Waals surface area contributed by atoms with Crippen LogP contribution in [-0.4, -0.2) is 40.6 Å². The van der Waals surface area contributed by atoms with Gasteiger partial charge in [-0.05, 0) is 39.5 Å². The van der Waals surface area contributed by atoms with Crippen LogP contribution in [0.5, 0.6) is 0 Å². The maximum atomic E-state index is 12.1. The van der Waals surface area contributed by atoms with E-state index in [0.717, 1.165) is 12.8 Å². The number of nitrogens with one attached hydrogen (secondary N) is 2. The Labute approximate surface area is 141 Å². The summed E-state index contributed by atoms with van der Waals surface area (Å²) in [6.07, 6.45) is 4.53. The van der Waals surface area contributed by atoms with Crippen molar-refractivity contribution in [2.45, 2.75) is 45.6 Å². The van der Waals surface area contributed by atoms with Gasteiger partial charge in [0.2, 0.25) is 11.3 Å². The molecule has 24 heavy (non-hydrogen) atoms. The second-order valence-electron chi connectivity index (χ2n) is 7.09. The van der Waals surface area contributed by atoms with E-state index in [0.29, 0.717) is 19.5 Å². The number of aromatic nitrogens is 1. The minimum atomic E-state index is -0.503. The van der Waals surface area contributed by atoms with E-state index in [1.54, 1.807) is 4.90 Å². The molecule has 132 valence electrons. The van der Waals surface area contributed by atoms with Crippen molar-refractivity contribution >= 4 is 17.7 Å². The predicted molar refractivity (Wildman–Crippen MR) is 90.8 cm³/mol. The molecule has 0 atom stereocenters. The lowest BCUT2D eigenvalue weighted by Crippen LogP contribution is -2.42. The number of carbonyl (C=O) groups is 2. The Morgan fingerprint density at radius 1 is 1.33 bits per heavy atom. The van der Waals surface area contributed by atoms with Crippen molar-refractivity contribution in [3.05, 3.63) is 28.7 Å². The zero-order valence-electron chi connectivity index (χ0n) is 14.4. The molecule has 0 bridgehead atoms. The van der Waals surface area contributed by atoms with E-state index in [4.69, 9.17) is 4.74 Å². The summed E-state index contributed by atoms with van der Waals surface area (Å²) in [6.45, 7) is 6.69. The van der Waals surface area contributed by atoms with Gasteiger partial charge in [-0.15, -0.1) is 0 Å². The van der Waals surface area contributed by atoms with Gasteiger partial charge in [0.1, 0.15) is 11.3 Å². The number of pyridine rings is 1. The van der Waals surface area contributed by atoms with Crippen molar-refractivity contribution in [2.24, 2.45) is 5.92 Å². The van der Waals surface area contributed by atoms with Crippen molar-refractivity contribution in [1.82, 2.24) is 9.88 Å². The highest BCUT2D eigenvalue weighted by Gasteiger charge is 2.27. The van der Waals surface area contributed by atoms with Gasteiger partial charge in [-0.25, -0.2) is 4.79 Å². The molecule has 1 aliphatic rings. The van der Waals surface area contributed by atoms with Gasteiger partial charge in [-0.3, -0.25) is 9.59 Å². The Kier molecular flexibility index (Phi) is 5.64. The fourth-order valence-electron chi connectivity index (χ4n) is 2.62.